The third-order valence-corrected chi connectivity index (χ3v) is 4.03. The number of benzene rings is 3. The highest BCUT2D eigenvalue weighted by atomic mass is 19.4. The molecule has 0 atom stereocenters. The normalized spacial score (nSPS) is 12.2. The predicted octanol–water partition coefficient (Wildman–Crippen LogP) is 5.75. The molecular formula is C19H12F3NO. The highest BCUT2D eigenvalue weighted by Gasteiger charge is 2.31. The highest BCUT2D eigenvalue weighted by molar-refractivity contribution is 6.15. The molecule has 1 aromatic heterocycles. The molecule has 3 aromatic carbocycles. The zero-order chi connectivity index (χ0) is 16.9. The fourth-order valence-electron chi connectivity index (χ4n) is 3.01. The number of pyridine rings is 1. The van der Waals surface area contributed by atoms with Gasteiger partial charge in [-0.2, -0.15) is 0 Å². The van der Waals surface area contributed by atoms with Crippen LogP contribution in [0, 0.1) is 6.92 Å². The van der Waals surface area contributed by atoms with E-state index in [0.29, 0.717) is 5.39 Å². The van der Waals surface area contributed by atoms with Crippen LogP contribution in [-0.2, 0) is 0 Å². The first-order valence-corrected chi connectivity index (χ1v) is 7.38. The van der Waals surface area contributed by atoms with Crippen molar-refractivity contribution < 1.29 is 17.9 Å². The first-order chi connectivity index (χ1) is 11.4. The zero-order valence-electron chi connectivity index (χ0n) is 12.7. The molecule has 24 heavy (non-hydrogen) atoms. The lowest BCUT2D eigenvalue weighted by Gasteiger charge is -2.11. The second kappa shape index (κ2) is 5.09. The van der Waals surface area contributed by atoms with Crippen LogP contribution in [0.3, 0.4) is 0 Å². The maximum atomic E-state index is 12.4. The number of rotatable bonds is 1. The third kappa shape index (κ3) is 2.52. The summed E-state index contributed by atoms with van der Waals surface area (Å²) in [6.07, 6.45) is -2.90. The van der Waals surface area contributed by atoms with Gasteiger partial charge in [-0.3, -0.25) is 4.98 Å². The second-order valence-electron chi connectivity index (χ2n) is 5.74. The summed E-state index contributed by atoms with van der Waals surface area (Å²) in [4.78, 5) is 4.52. The Hall–Kier alpha value is -2.82. The molecule has 4 aromatic rings. The van der Waals surface area contributed by atoms with E-state index in [1.54, 1.807) is 18.3 Å². The van der Waals surface area contributed by atoms with Crippen LogP contribution in [0.4, 0.5) is 13.2 Å². The summed E-state index contributed by atoms with van der Waals surface area (Å²) in [6, 6.07) is 14.1. The van der Waals surface area contributed by atoms with Crippen molar-refractivity contribution in [3.8, 4) is 5.75 Å². The van der Waals surface area contributed by atoms with Gasteiger partial charge in [0, 0.05) is 22.4 Å². The van der Waals surface area contributed by atoms with E-state index in [-0.39, 0.29) is 5.75 Å². The lowest BCUT2D eigenvalue weighted by atomic mass is 10.0. The van der Waals surface area contributed by atoms with Crippen molar-refractivity contribution in [3.63, 3.8) is 0 Å². The smallest absolute Gasteiger partial charge is 0.406 e. The van der Waals surface area contributed by atoms with Crippen molar-refractivity contribution in [1.82, 2.24) is 4.98 Å². The molecule has 0 saturated carbocycles. The molecule has 0 saturated heterocycles. The number of ether oxygens (including phenoxy) is 1. The fraction of sp³-hybridized carbons (Fsp3) is 0.105. The maximum Gasteiger partial charge on any atom is 0.573 e. The molecule has 0 bridgehead atoms. The Kier molecular flexibility index (Phi) is 3.13. The quantitative estimate of drug-likeness (QED) is 0.415. The van der Waals surface area contributed by atoms with Crippen LogP contribution in [0.2, 0.25) is 0 Å². The number of hydrogen-bond acceptors (Lipinski definition) is 2. The summed E-state index contributed by atoms with van der Waals surface area (Å²) in [5.41, 5.74) is 1.92. The van der Waals surface area contributed by atoms with Gasteiger partial charge >= 0.3 is 6.36 Å². The lowest BCUT2D eigenvalue weighted by Crippen LogP contribution is -2.16. The molecule has 0 spiro atoms. The van der Waals surface area contributed by atoms with Gasteiger partial charge in [0.2, 0.25) is 0 Å². The van der Waals surface area contributed by atoms with Gasteiger partial charge in [0.05, 0.1) is 5.52 Å². The van der Waals surface area contributed by atoms with E-state index in [1.165, 1.54) is 12.1 Å². The minimum atomic E-state index is -4.70. The SMILES string of the molecule is Cc1ccc2c(cnc3c4ccc(OC(F)(F)F)cc4ccc23)c1. The molecule has 5 heteroatoms. The Bertz CT molecular complexity index is 1090. The average Bonchev–Trinajstić information content (AvgIpc) is 2.52. The molecule has 0 N–H and O–H groups in total. The number of aryl methyl sites for hydroxylation is 1. The largest absolute Gasteiger partial charge is 0.573 e. The highest BCUT2D eigenvalue weighted by Crippen LogP contribution is 2.32. The van der Waals surface area contributed by atoms with Crippen LogP contribution in [0.15, 0.2) is 54.7 Å². The Morgan fingerprint density at radius 3 is 2.38 bits per heavy atom. The van der Waals surface area contributed by atoms with Gasteiger partial charge in [-0.05, 0) is 42.0 Å². The average molecular weight is 327 g/mol. The van der Waals surface area contributed by atoms with Crippen molar-refractivity contribution in [2.24, 2.45) is 0 Å². The molecular weight excluding hydrogens is 315 g/mol. The van der Waals surface area contributed by atoms with E-state index in [0.717, 1.165) is 32.6 Å². The first kappa shape index (κ1) is 14.8. The summed E-state index contributed by atoms with van der Waals surface area (Å²) < 4.78 is 41.1. The van der Waals surface area contributed by atoms with Gasteiger partial charge in [0.15, 0.2) is 0 Å². The van der Waals surface area contributed by atoms with Crippen LogP contribution in [0.5, 0.6) is 5.75 Å². The summed E-state index contributed by atoms with van der Waals surface area (Å²) in [5, 5.41) is 4.54. The number of fused-ring (bicyclic) bond motifs is 5. The number of aromatic nitrogens is 1. The van der Waals surface area contributed by atoms with Gasteiger partial charge < -0.3 is 4.74 Å². The van der Waals surface area contributed by atoms with Gasteiger partial charge in [0.1, 0.15) is 5.75 Å². The minimum absolute atomic E-state index is 0.231. The summed E-state index contributed by atoms with van der Waals surface area (Å²) >= 11 is 0. The van der Waals surface area contributed by atoms with Gasteiger partial charge in [-0.1, -0.05) is 29.8 Å². The van der Waals surface area contributed by atoms with Crippen LogP contribution in [0.1, 0.15) is 5.56 Å². The first-order valence-electron chi connectivity index (χ1n) is 7.38. The van der Waals surface area contributed by atoms with E-state index in [2.05, 4.69) is 15.8 Å². The van der Waals surface area contributed by atoms with Gasteiger partial charge in [-0.15, -0.1) is 13.2 Å². The van der Waals surface area contributed by atoms with Gasteiger partial charge in [-0.25, -0.2) is 0 Å². The van der Waals surface area contributed by atoms with Crippen molar-refractivity contribution in [2.45, 2.75) is 13.3 Å². The molecule has 0 aliphatic heterocycles. The minimum Gasteiger partial charge on any atom is -0.406 e. The van der Waals surface area contributed by atoms with Gasteiger partial charge in [0.25, 0.3) is 0 Å². The Morgan fingerprint density at radius 2 is 1.58 bits per heavy atom. The van der Waals surface area contributed by atoms with Crippen molar-refractivity contribution in [2.75, 3.05) is 0 Å². The van der Waals surface area contributed by atoms with Crippen molar-refractivity contribution in [1.29, 1.82) is 0 Å². The van der Waals surface area contributed by atoms with E-state index in [4.69, 9.17) is 0 Å². The Balaban J connectivity index is 1.96. The van der Waals surface area contributed by atoms with Crippen LogP contribution in [-0.4, -0.2) is 11.3 Å². The summed E-state index contributed by atoms with van der Waals surface area (Å²) in [5.74, 6) is -0.231. The van der Waals surface area contributed by atoms with Crippen LogP contribution < -0.4 is 4.74 Å². The third-order valence-electron chi connectivity index (χ3n) is 4.03. The number of hydrogen-bond donors (Lipinski definition) is 0. The molecule has 0 aliphatic carbocycles. The Morgan fingerprint density at radius 1 is 0.833 bits per heavy atom. The standard InChI is InChI=1S/C19H12F3NO/c1-11-2-5-15-13(8-11)10-23-18-16-7-4-14(24-19(20,21)22)9-12(16)3-6-17(15)18/h2-10H,1H3. The van der Waals surface area contributed by atoms with Crippen molar-refractivity contribution in [3.05, 3.63) is 60.3 Å². The Labute approximate surface area is 135 Å². The van der Waals surface area contributed by atoms with E-state index < -0.39 is 6.36 Å². The molecule has 0 amide bonds. The van der Waals surface area contributed by atoms with E-state index in [1.807, 2.05) is 25.1 Å². The fourth-order valence-corrected chi connectivity index (χ4v) is 3.01. The van der Waals surface area contributed by atoms with E-state index >= 15 is 0 Å². The summed E-state index contributed by atoms with van der Waals surface area (Å²) in [7, 11) is 0. The summed E-state index contributed by atoms with van der Waals surface area (Å²) in [6.45, 7) is 2.02. The molecule has 4 rings (SSSR count). The van der Waals surface area contributed by atoms with Crippen LogP contribution >= 0.6 is 0 Å². The molecule has 120 valence electrons. The van der Waals surface area contributed by atoms with E-state index in [9.17, 15) is 13.2 Å². The number of nitrogens with zero attached hydrogens (tertiary/aromatic N) is 1. The predicted molar refractivity (Wildman–Crippen MR) is 88.2 cm³/mol. The molecule has 0 aliphatic rings. The second-order valence-corrected chi connectivity index (χ2v) is 5.74. The lowest BCUT2D eigenvalue weighted by molar-refractivity contribution is -0.274. The molecule has 1 heterocycles. The zero-order valence-corrected chi connectivity index (χ0v) is 12.7. The molecule has 0 radical (unpaired) electrons. The maximum absolute atomic E-state index is 12.4. The topological polar surface area (TPSA) is 22.1 Å². The monoisotopic (exact) mass is 327 g/mol. The number of alkyl halides is 3. The number of halogens is 3. The van der Waals surface area contributed by atoms with Crippen LogP contribution in [0.25, 0.3) is 32.4 Å². The molecule has 0 fully saturated rings. The molecule has 0 unspecified atom stereocenters. The van der Waals surface area contributed by atoms with Crippen molar-refractivity contribution >= 4 is 32.4 Å². The molecule has 2 nitrogen and oxygen atoms in total.